The number of benzene rings is 1. The molecule has 0 aliphatic carbocycles. The molecule has 0 atom stereocenters. The Morgan fingerprint density at radius 2 is 1.76 bits per heavy atom. The van der Waals surface area contributed by atoms with Crippen molar-refractivity contribution in [2.24, 2.45) is 0 Å². The minimum Gasteiger partial charge on any atom is -0.325 e. The van der Waals surface area contributed by atoms with Gasteiger partial charge in [0.2, 0.25) is 5.91 Å². The van der Waals surface area contributed by atoms with Crippen LogP contribution in [0.4, 0.5) is 10.5 Å². The van der Waals surface area contributed by atoms with Crippen molar-refractivity contribution in [3.63, 3.8) is 0 Å². The first-order valence-electron chi connectivity index (χ1n) is 8.53. The first-order chi connectivity index (χ1) is 12.0. The van der Waals surface area contributed by atoms with Crippen LogP contribution in [0, 0.1) is 0 Å². The highest BCUT2D eigenvalue weighted by Gasteiger charge is 2.50. The van der Waals surface area contributed by atoms with E-state index in [9.17, 15) is 14.4 Å². The van der Waals surface area contributed by atoms with Gasteiger partial charge in [0.25, 0.3) is 5.91 Å². The van der Waals surface area contributed by atoms with E-state index in [4.69, 9.17) is 0 Å². The Morgan fingerprint density at radius 1 is 1.16 bits per heavy atom. The van der Waals surface area contributed by atoms with Crippen molar-refractivity contribution in [3.05, 3.63) is 24.3 Å². The predicted molar refractivity (Wildman–Crippen MR) is 99.6 cm³/mol. The summed E-state index contributed by atoms with van der Waals surface area (Å²) in [6.45, 7) is 3.68. The lowest BCUT2D eigenvalue weighted by molar-refractivity contribution is -0.134. The topological polar surface area (TPSA) is 78.5 Å². The van der Waals surface area contributed by atoms with Crippen molar-refractivity contribution < 1.29 is 14.4 Å². The third-order valence-corrected chi connectivity index (χ3v) is 5.02. The second-order valence-corrected chi connectivity index (χ2v) is 7.06. The highest BCUT2D eigenvalue weighted by molar-refractivity contribution is 7.98. The van der Waals surface area contributed by atoms with Gasteiger partial charge in [0.1, 0.15) is 12.1 Å². The molecule has 1 aromatic carbocycles. The maximum atomic E-state index is 12.7. The Balaban J connectivity index is 2.04. The van der Waals surface area contributed by atoms with E-state index in [0.29, 0.717) is 18.5 Å². The molecule has 1 heterocycles. The van der Waals surface area contributed by atoms with Crippen LogP contribution in [0.1, 0.15) is 39.5 Å². The third-order valence-electron chi connectivity index (χ3n) is 4.27. The van der Waals surface area contributed by atoms with Gasteiger partial charge in [0, 0.05) is 10.6 Å². The lowest BCUT2D eigenvalue weighted by Crippen LogP contribution is -2.47. The second kappa shape index (κ2) is 8.38. The summed E-state index contributed by atoms with van der Waals surface area (Å²) in [5.74, 6) is -0.682. The molecule has 1 aliphatic heterocycles. The average molecular weight is 363 g/mol. The second-order valence-electron chi connectivity index (χ2n) is 6.18. The third kappa shape index (κ3) is 4.34. The van der Waals surface area contributed by atoms with E-state index < -0.39 is 11.6 Å². The smallest absolute Gasteiger partial charge is 0.325 e. The number of amides is 4. The fraction of sp³-hybridized carbons (Fsp3) is 0.500. The van der Waals surface area contributed by atoms with Crippen LogP contribution in [0.3, 0.4) is 0 Å². The van der Waals surface area contributed by atoms with Gasteiger partial charge in [-0.3, -0.25) is 14.5 Å². The fourth-order valence-corrected chi connectivity index (χ4v) is 3.56. The van der Waals surface area contributed by atoms with E-state index >= 15 is 0 Å². The number of imide groups is 1. The summed E-state index contributed by atoms with van der Waals surface area (Å²) in [6, 6.07) is 6.92. The molecule has 0 saturated carbocycles. The molecule has 2 rings (SSSR count). The largest absolute Gasteiger partial charge is 0.325 e. The van der Waals surface area contributed by atoms with Gasteiger partial charge in [-0.25, -0.2) is 4.79 Å². The fourth-order valence-electron chi connectivity index (χ4n) is 3.16. The summed E-state index contributed by atoms with van der Waals surface area (Å²) in [6.07, 6.45) is 4.71. The quantitative estimate of drug-likeness (QED) is 0.549. The van der Waals surface area contributed by atoms with Crippen LogP contribution in [0.25, 0.3) is 0 Å². The maximum absolute atomic E-state index is 12.7. The normalized spacial score (nSPS) is 16.0. The lowest BCUT2D eigenvalue weighted by Gasteiger charge is -2.25. The van der Waals surface area contributed by atoms with Crippen molar-refractivity contribution in [1.29, 1.82) is 0 Å². The van der Waals surface area contributed by atoms with Crippen LogP contribution in [0.15, 0.2) is 29.2 Å². The molecule has 7 heteroatoms. The molecule has 6 nitrogen and oxygen atoms in total. The molecule has 25 heavy (non-hydrogen) atoms. The molecule has 0 bridgehead atoms. The summed E-state index contributed by atoms with van der Waals surface area (Å²) in [7, 11) is 0. The van der Waals surface area contributed by atoms with E-state index in [1.54, 1.807) is 23.9 Å². The Morgan fingerprint density at radius 3 is 2.28 bits per heavy atom. The van der Waals surface area contributed by atoms with Crippen LogP contribution >= 0.6 is 11.8 Å². The minimum absolute atomic E-state index is 0.274. The van der Waals surface area contributed by atoms with Crippen LogP contribution in [0.5, 0.6) is 0 Å². The molecule has 1 aromatic rings. The van der Waals surface area contributed by atoms with Crippen LogP contribution < -0.4 is 10.6 Å². The molecule has 1 fully saturated rings. The van der Waals surface area contributed by atoms with Gasteiger partial charge in [0.05, 0.1) is 0 Å². The average Bonchev–Trinajstić information content (AvgIpc) is 2.80. The zero-order valence-electron chi connectivity index (χ0n) is 14.9. The standard InChI is InChI=1S/C18H25N3O3S/c1-4-10-18(11-5-2)16(23)21(17(24)20-18)12-15(22)19-13-6-8-14(25-3)9-7-13/h6-9H,4-5,10-12H2,1-3H3,(H,19,22)(H,20,24). The molecule has 0 spiro atoms. The lowest BCUT2D eigenvalue weighted by atomic mass is 9.88. The van der Waals surface area contributed by atoms with Crippen LogP contribution in [-0.4, -0.2) is 41.1 Å². The maximum Gasteiger partial charge on any atom is 0.325 e. The number of nitrogens with zero attached hydrogens (tertiary/aromatic N) is 1. The molecule has 136 valence electrons. The number of thioether (sulfide) groups is 1. The molecule has 1 aliphatic rings. The van der Waals surface area contributed by atoms with Crippen LogP contribution in [-0.2, 0) is 9.59 Å². The van der Waals surface area contributed by atoms with Crippen molar-refractivity contribution in [2.75, 3.05) is 18.1 Å². The van der Waals surface area contributed by atoms with Gasteiger partial charge in [-0.1, -0.05) is 26.7 Å². The Kier molecular flexibility index (Phi) is 6.47. The zero-order chi connectivity index (χ0) is 18.4. The highest BCUT2D eigenvalue weighted by atomic mass is 32.2. The summed E-state index contributed by atoms with van der Waals surface area (Å²) in [5, 5.41) is 5.54. The first kappa shape index (κ1) is 19.3. The van der Waals surface area contributed by atoms with Gasteiger partial charge >= 0.3 is 6.03 Å². The van der Waals surface area contributed by atoms with Crippen molar-refractivity contribution >= 4 is 35.3 Å². The molecular formula is C18H25N3O3S. The van der Waals surface area contributed by atoms with Gasteiger partial charge < -0.3 is 10.6 Å². The number of rotatable bonds is 8. The summed E-state index contributed by atoms with van der Waals surface area (Å²) < 4.78 is 0. The van der Waals surface area contributed by atoms with E-state index in [1.165, 1.54) is 0 Å². The number of carbonyl (C=O) groups excluding carboxylic acids is 3. The SMILES string of the molecule is CCCC1(CCC)NC(=O)N(CC(=O)Nc2ccc(SC)cc2)C1=O. The van der Waals surface area contributed by atoms with Crippen molar-refractivity contribution in [3.8, 4) is 0 Å². The summed E-state index contributed by atoms with van der Waals surface area (Å²) >= 11 is 1.61. The Hall–Kier alpha value is -2.02. The summed E-state index contributed by atoms with van der Waals surface area (Å²) in [5.41, 5.74) is -0.218. The molecule has 0 aromatic heterocycles. The molecule has 4 amide bonds. The zero-order valence-corrected chi connectivity index (χ0v) is 15.7. The molecule has 0 radical (unpaired) electrons. The van der Waals surface area contributed by atoms with Crippen LogP contribution in [0.2, 0.25) is 0 Å². The van der Waals surface area contributed by atoms with Crippen molar-refractivity contribution in [1.82, 2.24) is 10.2 Å². The van der Waals surface area contributed by atoms with E-state index in [2.05, 4.69) is 10.6 Å². The first-order valence-corrected chi connectivity index (χ1v) is 9.76. The molecule has 0 unspecified atom stereocenters. The number of hydrogen-bond donors (Lipinski definition) is 2. The van der Waals surface area contributed by atoms with E-state index in [-0.39, 0.29) is 18.4 Å². The minimum atomic E-state index is -0.860. The Labute approximate surface area is 152 Å². The summed E-state index contributed by atoms with van der Waals surface area (Å²) in [4.78, 5) is 39.4. The number of carbonyl (C=O) groups is 3. The molecule has 2 N–H and O–H groups in total. The number of anilines is 1. The van der Waals surface area contributed by atoms with Gasteiger partial charge in [0.15, 0.2) is 0 Å². The van der Waals surface area contributed by atoms with Gasteiger partial charge in [-0.2, -0.15) is 0 Å². The van der Waals surface area contributed by atoms with Gasteiger partial charge in [-0.15, -0.1) is 11.8 Å². The molecular weight excluding hydrogens is 338 g/mol. The number of nitrogens with one attached hydrogen (secondary N) is 2. The Bertz CT molecular complexity index is 639. The highest BCUT2D eigenvalue weighted by Crippen LogP contribution is 2.28. The number of hydrogen-bond acceptors (Lipinski definition) is 4. The number of urea groups is 1. The van der Waals surface area contributed by atoms with E-state index in [0.717, 1.165) is 22.6 Å². The monoisotopic (exact) mass is 363 g/mol. The predicted octanol–water partition coefficient (Wildman–Crippen LogP) is 3.24. The van der Waals surface area contributed by atoms with Gasteiger partial charge in [-0.05, 0) is 43.4 Å². The molecule has 1 saturated heterocycles. The van der Waals surface area contributed by atoms with Crippen molar-refractivity contribution in [2.45, 2.75) is 50.0 Å². The van der Waals surface area contributed by atoms with E-state index in [1.807, 2.05) is 32.2 Å².